The molecule has 0 bridgehead atoms. The first-order chi connectivity index (χ1) is 12.7. The lowest BCUT2D eigenvalue weighted by atomic mass is 10.1. The SMILES string of the molecule is CCn1ncc(CN2CCc3nc(-c4cncnc4)[nH]c(=O)c3C2)c1C. The summed E-state index contributed by atoms with van der Waals surface area (Å²) in [5, 5.41) is 4.40. The van der Waals surface area contributed by atoms with Gasteiger partial charge in [0.05, 0.1) is 23.0 Å². The molecule has 0 saturated heterocycles. The molecule has 1 aliphatic rings. The third kappa shape index (κ3) is 3.03. The van der Waals surface area contributed by atoms with Crippen molar-refractivity contribution in [3.05, 3.63) is 57.8 Å². The van der Waals surface area contributed by atoms with E-state index < -0.39 is 0 Å². The van der Waals surface area contributed by atoms with Crippen molar-refractivity contribution < 1.29 is 0 Å². The summed E-state index contributed by atoms with van der Waals surface area (Å²) in [6, 6.07) is 0. The lowest BCUT2D eigenvalue weighted by Gasteiger charge is -2.27. The Balaban J connectivity index is 1.57. The van der Waals surface area contributed by atoms with E-state index in [4.69, 9.17) is 0 Å². The van der Waals surface area contributed by atoms with Crippen molar-refractivity contribution in [2.45, 2.75) is 39.9 Å². The standard InChI is InChI=1S/C18H21N7O/c1-3-25-12(2)14(8-21-25)9-24-5-4-16-15(10-24)18(26)23-17(22-16)13-6-19-11-20-7-13/h6-8,11H,3-5,9-10H2,1-2H3,(H,22,23,26). The molecule has 26 heavy (non-hydrogen) atoms. The number of hydrogen-bond donors (Lipinski definition) is 1. The van der Waals surface area contributed by atoms with E-state index in [1.165, 1.54) is 17.6 Å². The average molecular weight is 351 g/mol. The Morgan fingerprint density at radius 1 is 1.23 bits per heavy atom. The second kappa shape index (κ2) is 6.80. The van der Waals surface area contributed by atoms with Crippen molar-refractivity contribution in [2.24, 2.45) is 0 Å². The van der Waals surface area contributed by atoms with Crippen LogP contribution in [0, 0.1) is 6.92 Å². The van der Waals surface area contributed by atoms with E-state index >= 15 is 0 Å². The van der Waals surface area contributed by atoms with Gasteiger partial charge in [0.2, 0.25) is 0 Å². The van der Waals surface area contributed by atoms with Crippen molar-refractivity contribution in [2.75, 3.05) is 6.54 Å². The van der Waals surface area contributed by atoms with Crippen molar-refractivity contribution in [1.29, 1.82) is 0 Å². The van der Waals surface area contributed by atoms with Crippen LogP contribution in [-0.4, -0.2) is 41.2 Å². The van der Waals surface area contributed by atoms with Crippen LogP contribution in [0.1, 0.15) is 29.4 Å². The van der Waals surface area contributed by atoms with Gasteiger partial charge in [0, 0.05) is 56.3 Å². The van der Waals surface area contributed by atoms with Gasteiger partial charge in [-0.1, -0.05) is 0 Å². The quantitative estimate of drug-likeness (QED) is 0.762. The Hall–Kier alpha value is -2.87. The van der Waals surface area contributed by atoms with E-state index in [1.807, 2.05) is 10.9 Å². The highest BCUT2D eigenvalue weighted by molar-refractivity contribution is 5.52. The number of H-pyrrole nitrogens is 1. The molecule has 0 unspecified atom stereocenters. The van der Waals surface area contributed by atoms with Crippen LogP contribution >= 0.6 is 0 Å². The number of hydrogen-bond acceptors (Lipinski definition) is 6. The summed E-state index contributed by atoms with van der Waals surface area (Å²) in [5.41, 5.74) is 4.64. The second-order valence-corrected chi connectivity index (χ2v) is 6.50. The zero-order valence-corrected chi connectivity index (χ0v) is 14.9. The lowest BCUT2D eigenvalue weighted by Crippen LogP contribution is -2.35. The van der Waals surface area contributed by atoms with Gasteiger partial charge in [-0.25, -0.2) is 15.0 Å². The van der Waals surface area contributed by atoms with E-state index in [0.29, 0.717) is 12.4 Å². The molecule has 0 saturated carbocycles. The first kappa shape index (κ1) is 16.6. The molecule has 0 spiro atoms. The largest absolute Gasteiger partial charge is 0.306 e. The molecule has 1 N–H and O–H groups in total. The van der Waals surface area contributed by atoms with Gasteiger partial charge in [-0.15, -0.1) is 0 Å². The monoisotopic (exact) mass is 351 g/mol. The molecule has 0 fully saturated rings. The Bertz CT molecular complexity index is 977. The summed E-state index contributed by atoms with van der Waals surface area (Å²) in [7, 11) is 0. The van der Waals surface area contributed by atoms with Gasteiger partial charge >= 0.3 is 0 Å². The summed E-state index contributed by atoms with van der Waals surface area (Å²) in [5.74, 6) is 0.530. The molecule has 0 aliphatic carbocycles. The number of aromatic nitrogens is 6. The van der Waals surface area contributed by atoms with Crippen molar-refractivity contribution in [3.8, 4) is 11.4 Å². The number of nitrogens with zero attached hydrogens (tertiary/aromatic N) is 6. The van der Waals surface area contributed by atoms with Gasteiger partial charge in [-0.3, -0.25) is 14.4 Å². The second-order valence-electron chi connectivity index (χ2n) is 6.50. The predicted molar refractivity (Wildman–Crippen MR) is 96.3 cm³/mol. The number of aryl methyl sites for hydroxylation is 1. The van der Waals surface area contributed by atoms with E-state index in [2.05, 4.69) is 43.8 Å². The summed E-state index contributed by atoms with van der Waals surface area (Å²) in [4.78, 5) is 30.4. The maximum atomic E-state index is 12.6. The van der Waals surface area contributed by atoms with E-state index in [1.54, 1.807) is 12.4 Å². The highest BCUT2D eigenvalue weighted by atomic mass is 16.1. The number of rotatable bonds is 4. The molecule has 0 amide bonds. The molecule has 134 valence electrons. The number of aromatic amines is 1. The van der Waals surface area contributed by atoms with Crippen molar-refractivity contribution in [1.82, 2.24) is 34.6 Å². The molecular weight excluding hydrogens is 330 g/mol. The third-order valence-corrected chi connectivity index (χ3v) is 4.88. The Morgan fingerprint density at radius 2 is 2.04 bits per heavy atom. The maximum Gasteiger partial charge on any atom is 0.255 e. The van der Waals surface area contributed by atoms with Crippen molar-refractivity contribution in [3.63, 3.8) is 0 Å². The minimum atomic E-state index is -0.0838. The summed E-state index contributed by atoms with van der Waals surface area (Å²) >= 11 is 0. The summed E-state index contributed by atoms with van der Waals surface area (Å²) in [6.45, 7) is 7.29. The highest BCUT2D eigenvalue weighted by Gasteiger charge is 2.22. The van der Waals surface area contributed by atoms with Crippen LogP contribution in [0.15, 0.2) is 29.7 Å². The molecule has 3 aromatic heterocycles. The summed E-state index contributed by atoms with van der Waals surface area (Å²) in [6.07, 6.45) is 7.44. The molecule has 8 heteroatoms. The van der Waals surface area contributed by atoms with Gasteiger partial charge in [0.1, 0.15) is 12.2 Å². The Kier molecular flexibility index (Phi) is 4.34. The molecule has 8 nitrogen and oxygen atoms in total. The molecular formula is C18H21N7O. The zero-order chi connectivity index (χ0) is 18.1. The van der Waals surface area contributed by atoms with Crippen LogP contribution in [-0.2, 0) is 26.1 Å². The topological polar surface area (TPSA) is 92.6 Å². The molecule has 4 rings (SSSR count). The number of nitrogens with one attached hydrogen (secondary N) is 1. The van der Waals surface area contributed by atoms with Gasteiger partial charge in [0.15, 0.2) is 0 Å². The zero-order valence-electron chi connectivity index (χ0n) is 14.9. The molecule has 1 aliphatic heterocycles. The van der Waals surface area contributed by atoms with Crippen LogP contribution in [0.5, 0.6) is 0 Å². The van der Waals surface area contributed by atoms with Crippen LogP contribution in [0.2, 0.25) is 0 Å². The van der Waals surface area contributed by atoms with Crippen LogP contribution < -0.4 is 5.56 Å². The minimum Gasteiger partial charge on any atom is -0.306 e. The smallest absolute Gasteiger partial charge is 0.255 e. The molecule has 0 radical (unpaired) electrons. The van der Waals surface area contributed by atoms with E-state index in [0.717, 1.165) is 42.9 Å². The number of fused-ring (bicyclic) bond motifs is 1. The van der Waals surface area contributed by atoms with Crippen LogP contribution in [0.25, 0.3) is 11.4 Å². The van der Waals surface area contributed by atoms with E-state index in [9.17, 15) is 4.79 Å². The summed E-state index contributed by atoms with van der Waals surface area (Å²) < 4.78 is 2.00. The predicted octanol–water partition coefficient (Wildman–Crippen LogP) is 1.31. The minimum absolute atomic E-state index is 0.0838. The fourth-order valence-electron chi connectivity index (χ4n) is 3.37. The van der Waals surface area contributed by atoms with Gasteiger partial charge in [-0.05, 0) is 13.8 Å². The fraction of sp³-hybridized carbons (Fsp3) is 0.389. The van der Waals surface area contributed by atoms with Gasteiger partial charge < -0.3 is 4.98 Å². The first-order valence-corrected chi connectivity index (χ1v) is 8.76. The first-order valence-electron chi connectivity index (χ1n) is 8.76. The average Bonchev–Trinajstić information content (AvgIpc) is 3.02. The normalized spacial score (nSPS) is 14.4. The highest BCUT2D eigenvalue weighted by Crippen LogP contribution is 2.20. The third-order valence-electron chi connectivity index (χ3n) is 4.88. The van der Waals surface area contributed by atoms with E-state index in [-0.39, 0.29) is 5.56 Å². The maximum absolute atomic E-state index is 12.6. The molecule has 3 aromatic rings. The molecule has 4 heterocycles. The van der Waals surface area contributed by atoms with Gasteiger partial charge in [0.25, 0.3) is 5.56 Å². The Morgan fingerprint density at radius 3 is 2.77 bits per heavy atom. The van der Waals surface area contributed by atoms with Crippen molar-refractivity contribution >= 4 is 0 Å². The molecule has 0 aromatic carbocycles. The van der Waals surface area contributed by atoms with Crippen LogP contribution in [0.3, 0.4) is 0 Å². The van der Waals surface area contributed by atoms with Gasteiger partial charge in [-0.2, -0.15) is 5.10 Å². The Labute approximate surface area is 151 Å². The molecule has 0 atom stereocenters. The van der Waals surface area contributed by atoms with Crippen LogP contribution in [0.4, 0.5) is 0 Å². The fourth-order valence-corrected chi connectivity index (χ4v) is 3.37. The lowest BCUT2D eigenvalue weighted by molar-refractivity contribution is 0.241.